The number of methoxy groups -OCH3 is 1. The minimum Gasteiger partial charge on any atom is -0.497 e. The predicted octanol–water partition coefficient (Wildman–Crippen LogP) is 5.11. The highest BCUT2D eigenvalue weighted by atomic mass is 16.5. The molecule has 0 aliphatic carbocycles. The molecular formula is C25H28N4O4. The third kappa shape index (κ3) is 7.77. The molecule has 3 rings (SSSR count). The van der Waals surface area contributed by atoms with Gasteiger partial charge in [0, 0.05) is 0 Å². The molecule has 0 saturated heterocycles. The van der Waals surface area contributed by atoms with Crippen LogP contribution < -0.4 is 19.6 Å². The van der Waals surface area contributed by atoms with Gasteiger partial charge in [-0.2, -0.15) is 5.10 Å². The molecule has 0 fully saturated rings. The lowest BCUT2D eigenvalue weighted by Crippen LogP contribution is -2.19. The Hall–Kier alpha value is -4.20. The summed E-state index contributed by atoms with van der Waals surface area (Å²) in [5, 5.41) is 3.97. The maximum Gasteiger partial charge on any atom is 0.291 e. The van der Waals surface area contributed by atoms with E-state index < -0.39 is 5.91 Å². The summed E-state index contributed by atoms with van der Waals surface area (Å²) in [4.78, 5) is 20.5. The highest BCUT2D eigenvalue weighted by Crippen LogP contribution is 2.22. The van der Waals surface area contributed by atoms with Crippen LogP contribution >= 0.6 is 0 Å². The van der Waals surface area contributed by atoms with Crippen LogP contribution in [0.4, 0.5) is 0 Å². The number of nitrogens with zero attached hydrogens (tertiary/aromatic N) is 3. The van der Waals surface area contributed by atoms with Crippen LogP contribution in [-0.4, -0.2) is 35.8 Å². The van der Waals surface area contributed by atoms with Gasteiger partial charge in [-0.05, 0) is 60.5 Å². The van der Waals surface area contributed by atoms with E-state index in [4.69, 9.17) is 14.2 Å². The number of aromatic nitrogens is 2. The average molecular weight is 449 g/mol. The second-order valence-corrected chi connectivity index (χ2v) is 6.19. The monoisotopic (exact) mass is 448 g/mol. The Balaban J connectivity index is 0.00000187. The number of nitrogens with one attached hydrogen (secondary N) is 1. The van der Waals surface area contributed by atoms with Crippen molar-refractivity contribution in [1.82, 2.24) is 15.4 Å². The summed E-state index contributed by atoms with van der Waals surface area (Å²) in [6.07, 6.45) is 5.95. The van der Waals surface area contributed by atoms with E-state index in [1.165, 1.54) is 18.6 Å². The fraction of sp³-hybridized carbons (Fsp3) is 0.200. The van der Waals surface area contributed by atoms with Crippen molar-refractivity contribution in [3.05, 3.63) is 78.3 Å². The summed E-state index contributed by atoms with van der Waals surface area (Å²) < 4.78 is 16.3. The lowest BCUT2D eigenvalue weighted by Gasteiger charge is -2.07. The van der Waals surface area contributed by atoms with E-state index >= 15 is 0 Å². The van der Waals surface area contributed by atoms with Gasteiger partial charge in [0.15, 0.2) is 5.69 Å². The van der Waals surface area contributed by atoms with Gasteiger partial charge in [0.2, 0.25) is 5.88 Å². The normalized spacial score (nSPS) is 10.1. The van der Waals surface area contributed by atoms with Crippen molar-refractivity contribution in [1.29, 1.82) is 0 Å². The van der Waals surface area contributed by atoms with Crippen molar-refractivity contribution in [3.8, 4) is 23.1 Å². The number of hydrogen-bond acceptors (Lipinski definition) is 7. The Kier molecular flexibility index (Phi) is 10.1. The fourth-order valence-electron chi connectivity index (χ4n) is 2.58. The summed E-state index contributed by atoms with van der Waals surface area (Å²) in [6.45, 7) is 10.2. The molecule has 0 aliphatic rings. The van der Waals surface area contributed by atoms with Crippen LogP contribution in [0.2, 0.25) is 0 Å². The topological polar surface area (TPSA) is 94.9 Å². The highest BCUT2D eigenvalue weighted by Gasteiger charge is 2.09. The van der Waals surface area contributed by atoms with Crippen molar-refractivity contribution in [3.63, 3.8) is 0 Å². The molecule has 0 spiro atoms. The Morgan fingerprint density at radius 1 is 1.06 bits per heavy atom. The summed E-state index contributed by atoms with van der Waals surface area (Å²) in [6, 6.07) is 12.5. The van der Waals surface area contributed by atoms with Gasteiger partial charge in [-0.3, -0.25) is 9.78 Å². The molecule has 1 N–H and O–H groups in total. The van der Waals surface area contributed by atoms with E-state index in [1.807, 2.05) is 32.9 Å². The van der Waals surface area contributed by atoms with Crippen molar-refractivity contribution >= 4 is 18.2 Å². The van der Waals surface area contributed by atoms with Crippen molar-refractivity contribution in [2.75, 3.05) is 13.7 Å². The molecule has 0 atom stereocenters. The first-order valence-corrected chi connectivity index (χ1v) is 10.5. The molecule has 33 heavy (non-hydrogen) atoms. The number of ether oxygens (including phenoxy) is 3. The molecule has 0 unspecified atom stereocenters. The van der Waals surface area contributed by atoms with Gasteiger partial charge in [-0.25, -0.2) is 10.4 Å². The van der Waals surface area contributed by atoms with E-state index in [9.17, 15) is 4.79 Å². The third-order valence-corrected chi connectivity index (χ3v) is 4.00. The molecule has 0 aliphatic heterocycles. The molecule has 0 radical (unpaired) electrons. The van der Waals surface area contributed by atoms with Crippen molar-refractivity contribution < 1.29 is 19.0 Å². The molecular weight excluding hydrogens is 420 g/mol. The van der Waals surface area contributed by atoms with Gasteiger partial charge in [-0.1, -0.05) is 26.5 Å². The number of hydrazone groups is 1. The van der Waals surface area contributed by atoms with Crippen LogP contribution in [0, 0.1) is 0 Å². The minimum atomic E-state index is -0.521. The standard InChI is InChI=1S/C23H22N4O4.C2H6/c1-4-16-10-17(12-20(11-16)29-3)13-25-27-23(28)21-14-24-15-22(26-21)31-19-8-6-18(7-9-19)30-5-2;1-2/h4,6-15H,1,5H2,2-3H3,(H,27,28);1-2H3/b25-13+;. The SMILES string of the molecule is C=Cc1cc(/C=N/NC(=O)c2cncc(Oc3ccc(OCC)cc3)n2)cc(OC)c1.CC. The molecule has 3 aromatic rings. The van der Waals surface area contributed by atoms with Gasteiger partial charge in [0.25, 0.3) is 5.91 Å². The zero-order chi connectivity index (χ0) is 24.1. The van der Waals surface area contributed by atoms with E-state index in [-0.39, 0.29) is 11.6 Å². The van der Waals surface area contributed by atoms with Gasteiger partial charge >= 0.3 is 0 Å². The quantitative estimate of drug-likeness (QED) is 0.361. The first kappa shape index (κ1) is 25.1. The molecule has 1 aromatic heterocycles. The maximum absolute atomic E-state index is 12.4. The lowest BCUT2D eigenvalue weighted by atomic mass is 10.1. The number of carbonyl (C=O) groups excluding carboxylic acids is 1. The van der Waals surface area contributed by atoms with Crippen LogP contribution in [0.5, 0.6) is 23.1 Å². The first-order chi connectivity index (χ1) is 16.1. The largest absolute Gasteiger partial charge is 0.497 e. The summed E-state index contributed by atoms with van der Waals surface area (Å²) in [5.74, 6) is 1.61. The van der Waals surface area contributed by atoms with Gasteiger partial charge in [0.1, 0.15) is 17.2 Å². The Bertz CT molecular complexity index is 1080. The van der Waals surface area contributed by atoms with Crippen LogP contribution in [0.3, 0.4) is 0 Å². The zero-order valence-corrected chi connectivity index (χ0v) is 19.2. The summed E-state index contributed by atoms with van der Waals surface area (Å²) in [5.41, 5.74) is 4.11. The Morgan fingerprint density at radius 2 is 1.76 bits per heavy atom. The molecule has 8 nitrogen and oxygen atoms in total. The van der Waals surface area contributed by atoms with Crippen molar-refractivity contribution in [2.24, 2.45) is 5.10 Å². The average Bonchev–Trinajstić information content (AvgIpc) is 2.86. The third-order valence-electron chi connectivity index (χ3n) is 4.00. The summed E-state index contributed by atoms with van der Waals surface area (Å²) >= 11 is 0. The van der Waals surface area contributed by atoms with E-state index in [1.54, 1.807) is 43.5 Å². The second-order valence-electron chi connectivity index (χ2n) is 6.19. The van der Waals surface area contributed by atoms with E-state index in [2.05, 4.69) is 27.1 Å². The number of rotatable bonds is 9. The second kappa shape index (κ2) is 13.3. The molecule has 1 heterocycles. The molecule has 172 valence electrons. The Labute approximate surface area is 194 Å². The smallest absolute Gasteiger partial charge is 0.291 e. The van der Waals surface area contributed by atoms with Crippen LogP contribution in [0.15, 0.2) is 66.5 Å². The van der Waals surface area contributed by atoms with Gasteiger partial charge in [0.05, 0.1) is 32.3 Å². The van der Waals surface area contributed by atoms with Crippen LogP contribution in [-0.2, 0) is 0 Å². The van der Waals surface area contributed by atoms with Crippen LogP contribution in [0.1, 0.15) is 42.4 Å². The van der Waals surface area contributed by atoms with Gasteiger partial charge < -0.3 is 14.2 Å². The molecule has 8 heteroatoms. The number of benzene rings is 2. The molecule has 0 bridgehead atoms. The minimum absolute atomic E-state index is 0.0676. The highest BCUT2D eigenvalue weighted by molar-refractivity contribution is 5.93. The number of hydrogen-bond donors (Lipinski definition) is 1. The predicted molar refractivity (Wildman–Crippen MR) is 129 cm³/mol. The van der Waals surface area contributed by atoms with E-state index in [0.717, 1.165) is 16.9 Å². The number of amides is 1. The first-order valence-electron chi connectivity index (χ1n) is 10.5. The van der Waals surface area contributed by atoms with Crippen molar-refractivity contribution in [2.45, 2.75) is 20.8 Å². The van der Waals surface area contributed by atoms with Gasteiger partial charge in [-0.15, -0.1) is 0 Å². The lowest BCUT2D eigenvalue weighted by molar-refractivity contribution is 0.0949. The molecule has 2 aromatic carbocycles. The zero-order valence-electron chi connectivity index (χ0n) is 19.2. The summed E-state index contributed by atoms with van der Waals surface area (Å²) in [7, 11) is 1.58. The fourth-order valence-corrected chi connectivity index (χ4v) is 2.58. The van der Waals surface area contributed by atoms with Crippen LogP contribution in [0.25, 0.3) is 6.08 Å². The number of carbonyl (C=O) groups is 1. The maximum atomic E-state index is 12.4. The van der Waals surface area contributed by atoms with E-state index in [0.29, 0.717) is 18.1 Å². The molecule has 0 saturated carbocycles. The Morgan fingerprint density at radius 3 is 2.42 bits per heavy atom. The molecule has 1 amide bonds.